The van der Waals surface area contributed by atoms with Gasteiger partial charge >= 0.3 is 0 Å². The molecular formula is C19H33IN4O2. The van der Waals surface area contributed by atoms with Crippen molar-refractivity contribution in [2.45, 2.75) is 31.8 Å². The maximum atomic E-state index is 5.65. The van der Waals surface area contributed by atoms with Crippen LogP contribution in [0.15, 0.2) is 35.3 Å². The third-order valence-electron chi connectivity index (χ3n) is 4.06. The summed E-state index contributed by atoms with van der Waals surface area (Å²) >= 11 is 0. The van der Waals surface area contributed by atoms with Crippen molar-refractivity contribution in [2.24, 2.45) is 4.99 Å². The van der Waals surface area contributed by atoms with Gasteiger partial charge in [0.1, 0.15) is 0 Å². The molecule has 2 rings (SSSR count). The van der Waals surface area contributed by atoms with Gasteiger partial charge < -0.3 is 25.4 Å². The predicted molar refractivity (Wildman–Crippen MR) is 119 cm³/mol. The van der Waals surface area contributed by atoms with Gasteiger partial charge in [-0.3, -0.25) is 4.99 Å². The second-order valence-electron chi connectivity index (χ2n) is 6.14. The second kappa shape index (κ2) is 15.0. The van der Waals surface area contributed by atoms with Gasteiger partial charge in [-0.05, 0) is 37.8 Å². The van der Waals surface area contributed by atoms with Crippen LogP contribution in [0, 0.1) is 0 Å². The molecule has 26 heavy (non-hydrogen) atoms. The highest BCUT2D eigenvalue weighted by molar-refractivity contribution is 14.0. The lowest BCUT2D eigenvalue weighted by Crippen LogP contribution is -2.38. The Balaban J connectivity index is 0.00000338. The molecular weight excluding hydrogens is 443 g/mol. The molecule has 7 heteroatoms. The van der Waals surface area contributed by atoms with Gasteiger partial charge in [-0.15, -0.1) is 24.0 Å². The number of halogens is 1. The first-order valence-corrected chi connectivity index (χ1v) is 9.31. The van der Waals surface area contributed by atoms with Crippen LogP contribution >= 0.6 is 24.0 Å². The van der Waals surface area contributed by atoms with Crippen LogP contribution in [0.3, 0.4) is 0 Å². The SMILES string of the molecule is CN=C(NCCCNc1ccccc1)NCCCOCC1CCCO1.I. The molecule has 0 aromatic heterocycles. The first kappa shape index (κ1) is 23.0. The normalized spacial score (nSPS) is 16.8. The minimum atomic E-state index is 0. The number of aliphatic imine (C=N–C) groups is 1. The summed E-state index contributed by atoms with van der Waals surface area (Å²) < 4.78 is 11.2. The van der Waals surface area contributed by atoms with Crippen molar-refractivity contribution in [1.29, 1.82) is 0 Å². The van der Waals surface area contributed by atoms with Crippen LogP contribution < -0.4 is 16.0 Å². The Morgan fingerprint density at radius 2 is 1.92 bits per heavy atom. The number of ether oxygens (including phenoxy) is 2. The topological polar surface area (TPSA) is 66.9 Å². The van der Waals surface area contributed by atoms with Crippen molar-refractivity contribution in [3.8, 4) is 0 Å². The molecule has 1 unspecified atom stereocenters. The van der Waals surface area contributed by atoms with E-state index in [0.717, 1.165) is 70.4 Å². The van der Waals surface area contributed by atoms with Crippen LogP contribution in [-0.4, -0.2) is 58.6 Å². The highest BCUT2D eigenvalue weighted by Crippen LogP contribution is 2.11. The van der Waals surface area contributed by atoms with E-state index in [1.165, 1.54) is 6.42 Å². The first-order chi connectivity index (χ1) is 12.4. The van der Waals surface area contributed by atoms with Crippen molar-refractivity contribution < 1.29 is 9.47 Å². The average molecular weight is 476 g/mol. The molecule has 0 saturated carbocycles. The molecule has 148 valence electrons. The Hall–Kier alpha value is -1.06. The first-order valence-electron chi connectivity index (χ1n) is 9.31. The van der Waals surface area contributed by atoms with Gasteiger partial charge in [-0.2, -0.15) is 0 Å². The lowest BCUT2D eigenvalue weighted by atomic mass is 10.2. The number of nitrogens with one attached hydrogen (secondary N) is 3. The standard InChI is InChI=1S/C19H32N4O2.HI/c1-20-19(22-12-6-11-21-17-8-3-2-4-9-17)23-13-7-14-24-16-18-10-5-15-25-18;/h2-4,8-9,18,21H,5-7,10-16H2,1H3,(H2,20,22,23);1H. The fourth-order valence-electron chi connectivity index (χ4n) is 2.68. The minimum absolute atomic E-state index is 0. The van der Waals surface area contributed by atoms with E-state index in [1.54, 1.807) is 7.05 Å². The van der Waals surface area contributed by atoms with E-state index in [2.05, 4.69) is 33.1 Å². The fourth-order valence-corrected chi connectivity index (χ4v) is 2.68. The Bertz CT molecular complexity index is 482. The van der Waals surface area contributed by atoms with Crippen molar-refractivity contribution >= 4 is 35.6 Å². The van der Waals surface area contributed by atoms with E-state index >= 15 is 0 Å². The molecule has 1 aliphatic rings. The number of guanidine groups is 1. The van der Waals surface area contributed by atoms with Gasteiger partial charge in [0.05, 0.1) is 12.7 Å². The van der Waals surface area contributed by atoms with Crippen molar-refractivity contribution in [3.05, 3.63) is 30.3 Å². The maximum absolute atomic E-state index is 5.65. The largest absolute Gasteiger partial charge is 0.385 e. The van der Waals surface area contributed by atoms with Crippen LogP contribution in [0.4, 0.5) is 5.69 Å². The zero-order chi connectivity index (χ0) is 17.6. The Labute approximate surface area is 174 Å². The minimum Gasteiger partial charge on any atom is -0.385 e. The third-order valence-corrected chi connectivity index (χ3v) is 4.06. The monoisotopic (exact) mass is 476 g/mol. The molecule has 1 aromatic rings. The Morgan fingerprint density at radius 1 is 1.15 bits per heavy atom. The van der Waals surface area contributed by atoms with Gasteiger partial charge in [-0.25, -0.2) is 0 Å². The second-order valence-corrected chi connectivity index (χ2v) is 6.14. The number of anilines is 1. The Morgan fingerprint density at radius 3 is 2.62 bits per heavy atom. The number of rotatable bonds is 11. The van der Waals surface area contributed by atoms with Gasteiger partial charge in [-0.1, -0.05) is 18.2 Å². The van der Waals surface area contributed by atoms with E-state index < -0.39 is 0 Å². The molecule has 0 radical (unpaired) electrons. The molecule has 1 heterocycles. The third kappa shape index (κ3) is 10.2. The van der Waals surface area contributed by atoms with E-state index in [0.29, 0.717) is 6.10 Å². The molecule has 1 fully saturated rings. The zero-order valence-electron chi connectivity index (χ0n) is 15.7. The van der Waals surface area contributed by atoms with Crippen molar-refractivity contribution in [3.63, 3.8) is 0 Å². The van der Waals surface area contributed by atoms with Crippen LogP contribution in [0.25, 0.3) is 0 Å². The van der Waals surface area contributed by atoms with E-state index in [1.807, 2.05) is 18.2 Å². The smallest absolute Gasteiger partial charge is 0.190 e. The zero-order valence-corrected chi connectivity index (χ0v) is 18.0. The quantitative estimate of drug-likeness (QED) is 0.199. The summed E-state index contributed by atoms with van der Waals surface area (Å²) in [6.07, 6.45) is 4.60. The Kier molecular flexibility index (Phi) is 13.3. The van der Waals surface area contributed by atoms with Gasteiger partial charge in [0.25, 0.3) is 0 Å². The summed E-state index contributed by atoms with van der Waals surface area (Å²) in [4.78, 5) is 4.24. The molecule has 1 saturated heterocycles. The van der Waals surface area contributed by atoms with E-state index in [9.17, 15) is 0 Å². The fraction of sp³-hybridized carbons (Fsp3) is 0.632. The van der Waals surface area contributed by atoms with Gasteiger partial charge in [0.2, 0.25) is 0 Å². The number of hydrogen-bond donors (Lipinski definition) is 3. The highest BCUT2D eigenvalue weighted by atomic mass is 127. The van der Waals surface area contributed by atoms with Gasteiger partial charge in [0.15, 0.2) is 5.96 Å². The van der Waals surface area contributed by atoms with Crippen molar-refractivity contribution in [1.82, 2.24) is 10.6 Å². The van der Waals surface area contributed by atoms with Crippen LogP contribution in [0.1, 0.15) is 25.7 Å². The molecule has 0 aliphatic carbocycles. The lowest BCUT2D eigenvalue weighted by Gasteiger charge is -2.13. The molecule has 0 bridgehead atoms. The molecule has 1 aromatic carbocycles. The van der Waals surface area contributed by atoms with Crippen LogP contribution in [0.2, 0.25) is 0 Å². The van der Waals surface area contributed by atoms with Gasteiger partial charge in [0, 0.05) is 45.6 Å². The summed E-state index contributed by atoms with van der Waals surface area (Å²) in [5.74, 6) is 0.846. The molecule has 3 N–H and O–H groups in total. The molecule has 0 amide bonds. The van der Waals surface area contributed by atoms with Crippen molar-refractivity contribution in [2.75, 3.05) is 51.8 Å². The number of para-hydroxylation sites is 1. The van der Waals surface area contributed by atoms with Crippen LogP contribution in [-0.2, 0) is 9.47 Å². The van der Waals surface area contributed by atoms with E-state index in [-0.39, 0.29) is 24.0 Å². The predicted octanol–water partition coefficient (Wildman–Crippen LogP) is 2.86. The summed E-state index contributed by atoms with van der Waals surface area (Å²) in [7, 11) is 1.80. The number of benzene rings is 1. The summed E-state index contributed by atoms with van der Waals surface area (Å²) in [5, 5.41) is 10.0. The molecule has 0 spiro atoms. The lowest BCUT2D eigenvalue weighted by molar-refractivity contribution is 0.0168. The maximum Gasteiger partial charge on any atom is 0.190 e. The van der Waals surface area contributed by atoms with E-state index in [4.69, 9.17) is 9.47 Å². The number of hydrogen-bond acceptors (Lipinski definition) is 4. The summed E-state index contributed by atoms with van der Waals surface area (Å²) in [5.41, 5.74) is 1.16. The highest BCUT2D eigenvalue weighted by Gasteiger charge is 2.14. The molecule has 6 nitrogen and oxygen atoms in total. The number of nitrogens with zero attached hydrogens (tertiary/aromatic N) is 1. The molecule has 1 atom stereocenters. The molecule has 1 aliphatic heterocycles. The van der Waals surface area contributed by atoms with Crippen LogP contribution in [0.5, 0.6) is 0 Å². The summed E-state index contributed by atoms with van der Waals surface area (Å²) in [6.45, 7) is 5.04. The summed E-state index contributed by atoms with van der Waals surface area (Å²) in [6, 6.07) is 10.3. The average Bonchev–Trinajstić information content (AvgIpc) is 3.17.